The Kier molecular flexibility index (Phi) is 3.67. The van der Waals surface area contributed by atoms with Crippen molar-refractivity contribution in [3.63, 3.8) is 0 Å². The van der Waals surface area contributed by atoms with E-state index in [-0.39, 0.29) is 6.04 Å². The lowest BCUT2D eigenvalue weighted by Gasteiger charge is -2.19. The second-order valence-corrected chi connectivity index (χ2v) is 5.31. The third-order valence-corrected chi connectivity index (χ3v) is 3.82. The molecule has 17 heavy (non-hydrogen) atoms. The minimum absolute atomic E-state index is 0.0674. The van der Waals surface area contributed by atoms with Crippen LogP contribution >= 0.6 is 0 Å². The maximum absolute atomic E-state index is 5.95. The van der Waals surface area contributed by atoms with Crippen LogP contribution in [0.25, 0.3) is 0 Å². The van der Waals surface area contributed by atoms with Gasteiger partial charge in [-0.25, -0.2) is 0 Å². The fraction of sp³-hybridized carbons (Fsp3) is 0.643. The highest BCUT2D eigenvalue weighted by Crippen LogP contribution is 2.38. The van der Waals surface area contributed by atoms with Gasteiger partial charge in [0.15, 0.2) is 0 Å². The highest BCUT2D eigenvalue weighted by atomic mass is 15.1. The van der Waals surface area contributed by atoms with E-state index in [0.29, 0.717) is 0 Å². The lowest BCUT2D eigenvalue weighted by Crippen LogP contribution is -2.21. The van der Waals surface area contributed by atoms with Gasteiger partial charge in [-0.1, -0.05) is 13.8 Å². The van der Waals surface area contributed by atoms with Gasteiger partial charge in [-0.15, -0.1) is 0 Å². The number of nitrogens with zero attached hydrogens (tertiary/aromatic N) is 2. The zero-order valence-corrected chi connectivity index (χ0v) is 11.1. The molecule has 1 aliphatic rings. The summed E-state index contributed by atoms with van der Waals surface area (Å²) >= 11 is 0. The van der Waals surface area contributed by atoms with Gasteiger partial charge < -0.3 is 10.6 Å². The summed E-state index contributed by atoms with van der Waals surface area (Å²) in [7, 11) is 2.14. The minimum Gasteiger partial charge on any atom is -0.373 e. The Labute approximate surface area is 104 Å². The van der Waals surface area contributed by atoms with Gasteiger partial charge in [0.05, 0.1) is 17.6 Å². The van der Waals surface area contributed by atoms with Crippen molar-refractivity contribution in [2.24, 2.45) is 17.6 Å². The van der Waals surface area contributed by atoms with Crippen LogP contribution in [0.1, 0.15) is 38.4 Å². The zero-order valence-electron chi connectivity index (χ0n) is 11.1. The summed E-state index contributed by atoms with van der Waals surface area (Å²) in [6, 6.07) is 4.25. The predicted molar refractivity (Wildman–Crippen MR) is 72.0 cm³/mol. The molecule has 1 fully saturated rings. The molecule has 0 radical (unpaired) electrons. The SMILES string of the molecule is CC[C@H](N)c1ccc(N(C)CC2CC2C)cn1. The van der Waals surface area contributed by atoms with Crippen LogP contribution in [0, 0.1) is 11.8 Å². The fourth-order valence-electron chi connectivity index (χ4n) is 2.16. The molecule has 3 heteroatoms. The Bertz CT molecular complexity index is 360. The van der Waals surface area contributed by atoms with Crippen LogP contribution in [0.5, 0.6) is 0 Å². The van der Waals surface area contributed by atoms with Crippen molar-refractivity contribution in [2.75, 3.05) is 18.5 Å². The molecule has 0 saturated heterocycles. The molecule has 1 aromatic heterocycles. The Morgan fingerprint density at radius 1 is 1.53 bits per heavy atom. The third-order valence-electron chi connectivity index (χ3n) is 3.82. The van der Waals surface area contributed by atoms with Gasteiger partial charge in [0.1, 0.15) is 0 Å². The van der Waals surface area contributed by atoms with Crippen LogP contribution < -0.4 is 10.6 Å². The molecule has 1 aromatic rings. The Balaban J connectivity index is 1.96. The van der Waals surface area contributed by atoms with Crippen molar-refractivity contribution in [1.82, 2.24) is 4.98 Å². The number of anilines is 1. The topological polar surface area (TPSA) is 42.1 Å². The maximum Gasteiger partial charge on any atom is 0.0572 e. The summed E-state index contributed by atoms with van der Waals surface area (Å²) in [5.41, 5.74) is 8.13. The molecule has 2 unspecified atom stereocenters. The molecule has 3 atom stereocenters. The number of aromatic nitrogens is 1. The molecule has 3 nitrogen and oxygen atoms in total. The molecule has 2 rings (SSSR count). The lowest BCUT2D eigenvalue weighted by atomic mass is 10.1. The summed E-state index contributed by atoms with van der Waals surface area (Å²) in [5, 5.41) is 0. The first-order chi connectivity index (χ1) is 8.11. The van der Waals surface area contributed by atoms with Crippen LogP contribution in [0.15, 0.2) is 18.3 Å². The smallest absolute Gasteiger partial charge is 0.0572 e. The number of rotatable bonds is 5. The average molecular weight is 233 g/mol. The first-order valence-electron chi connectivity index (χ1n) is 6.54. The summed E-state index contributed by atoms with van der Waals surface area (Å²) in [6.45, 7) is 5.54. The Hall–Kier alpha value is -1.09. The van der Waals surface area contributed by atoms with Crippen LogP contribution in [0.2, 0.25) is 0 Å². The summed E-state index contributed by atoms with van der Waals surface area (Å²) in [4.78, 5) is 6.74. The monoisotopic (exact) mass is 233 g/mol. The molecule has 0 bridgehead atoms. The van der Waals surface area contributed by atoms with E-state index in [1.807, 2.05) is 6.20 Å². The molecular weight excluding hydrogens is 210 g/mol. The first-order valence-corrected chi connectivity index (χ1v) is 6.54. The van der Waals surface area contributed by atoms with Gasteiger partial charge in [0, 0.05) is 19.6 Å². The van der Waals surface area contributed by atoms with E-state index in [2.05, 4.69) is 42.9 Å². The van der Waals surface area contributed by atoms with Gasteiger partial charge in [0.25, 0.3) is 0 Å². The van der Waals surface area contributed by atoms with Crippen molar-refractivity contribution >= 4 is 5.69 Å². The minimum atomic E-state index is 0.0674. The van der Waals surface area contributed by atoms with Crippen molar-refractivity contribution in [3.8, 4) is 0 Å². The molecular formula is C14H23N3. The van der Waals surface area contributed by atoms with Crippen molar-refractivity contribution in [3.05, 3.63) is 24.0 Å². The number of hydrogen-bond donors (Lipinski definition) is 1. The summed E-state index contributed by atoms with van der Waals surface area (Å²) < 4.78 is 0. The summed E-state index contributed by atoms with van der Waals surface area (Å²) in [6.07, 6.45) is 4.25. The molecule has 0 amide bonds. The van der Waals surface area contributed by atoms with Gasteiger partial charge in [-0.05, 0) is 36.8 Å². The molecule has 94 valence electrons. The van der Waals surface area contributed by atoms with Crippen molar-refractivity contribution in [1.29, 1.82) is 0 Å². The van der Waals surface area contributed by atoms with E-state index in [4.69, 9.17) is 5.73 Å². The van der Waals surface area contributed by atoms with E-state index in [1.54, 1.807) is 0 Å². The average Bonchev–Trinajstić information content (AvgIpc) is 3.04. The van der Waals surface area contributed by atoms with E-state index in [1.165, 1.54) is 12.1 Å². The summed E-state index contributed by atoms with van der Waals surface area (Å²) in [5.74, 6) is 1.77. The highest BCUT2D eigenvalue weighted by molar-refractivity contribution is 5.44. The Morgan fingerprint density at radius 3 is 2.71 bits per heavy atom. The van der Waals surface area contributed by atoms with Crippen LogP contribution in [0.4, 0.5) is 5.69 Å². The number of hydrogen-bond acceptors (Lipinski definition) is 3. The third kappa shape index (κ3) is 2.97. The van der Waals surface area contributed by atoms with Gasteiger partial charge in [-0.2, -0.15) is 0 Å². The van der Waals surface area contributed by atoms with E-state index in [0.717, 1.165) is 30.5 Å². The molecule has 1 aliphatic carbocycles. The van der Waals surface area contributed by atoms with Crippen LogP contribution in [-0.2, 0) is 0 Å². The molecule has 0 spiro atoms. The normalized spacial score (nSPS) is 24.5. The van der Waals surface area contributed by atoms with Crippen molar-refractivity contribution in [2.45, 2.75) is 32.7 Å². The maximum atomic E-state index is 5.95. The van der Waals surface area contributed by atoms with Crippen LogP contribution in [-0.4, -0.2) is 18.6 Å². The van der Waals surface area contributed by atoms with E-state index >= 15 is 0 Å². The molecule has 0 aliphatic heterocycles. The molecule has 1 saturated carbocycles. The van der Waals surface area contributed by atoms with Gasteiger partial charge >= 0.3 is 0 Å². The second-order valence-electron chi connectivity index (χ2n) is 5.31. The van der Waals surface area contributed by atoms with E-state index in [9.17, 15) is 0 Å². The second kappa shape index (κ2) is 5.05. The molecule has 1 heterocycles. The van der Waals surface area contributed by atoms with Crippen molar-refractivity contribution < 1.29 is 0 Å². The number of nitrogens with two attached hydrogens (primary N) is 1. The molecule has 0 aromatic carbocycles. The largest absolute Gasteiger partial charge is 0.373 e. The Morgan fingerprint density at radius 2 is 2.24 bits per heavy atom. The van der Waals surface area contributed by atoms with Gasteiger partial charge in [-0.3, -0.25) is 4.98 Å². The highest BCUT2D eigenvalue weighted by Gasteiger charge is 2.33. The predicted octanol–water partition coefficient (Wildman–Crippen LogP) is 2.58. The van der Waals surface area contributed by atoms with Gasteiger partial charge in [0.2, 0.25) is 0 Å². The van der Waals surface area contributed by atoms with Crippen LogP contribution in [0.3, 0.4) is 0 Å². The zero-order chi connectivity index (χ0) is 12.4. The number of pyridine rings is 1. The molecule has 2 N–H and O–H groups in total. The van der Waals surface area contributed by atoms with E-state index < -0.39 is 0 Å². The standard InChI is InChI=1S/C14H23N3/c1-4-13(15)14-6-5-12(8-16-14)17(3)9-11-7-10(11)2/h5-6,8,10-11,13H,4,7,9,15H2,1-3H3/t10?,11?,13-/m0/s1. The quantitative estimate of drug-likeness (QED) is 0.850. The lowest BCUT2D eigenvalue weighted by molar-refractivity contribution is 0.674. The first kappa shape index (κ1) is 12.4. The fourth-order valence-corrected chi connectivity index (χ4v) is 2.16.